The molecule has 1 saturated heterocycles. The largest absolute Gasteiger partial charge is 0.316 e. The molecule has 0 aliphatic carbocycles. The minimum atomic E-state index is -0.104. The first-order valence-electron chi connectivity index (χ1n) is 7.37. The lowest BCUT2D eigenvalue weighted by atomic mass is 9.76. The lowest BCUT2D eigenvalue weighted by molar-refractivity contribution is -0.127. The van der Waals surface area contributed by atoms with E-state index in [9.17, 15) is 4.79 Å². The number of hydrogen-bond donors (Lipinski definition) is 1. The highest BCUT2D eigenvalue weighted by Crippen LogP contribution is 2.33. The lowest BCUT2D eigenvalue weighted by Crippen LogP contribution is -2.34. The van der Waals surface area contributed by atoms with Crippen LogP contribution in [0, 0.1) is 19.3 Å². The number of hydrogen-bond acceptors (Lipinski definition) is 2. The van der Waals surface area contributed by atoms with Crippen LogP contribution in [0.15, 0.2) is 18.2 Å². The van der Waals surface area contributed by atoms with Crippen molar-refractivity contribution >= 4 is 5.78 Å². The zero-order valence-corrected chi connectivity index (χ0v) is 12.4. The first-order valence-corrected chi connectivity index (χ1v) is 7.37. The minimum absolute atomic E-state index is 0.104. The van der Waals surface area contributed by atoms with E-state index >= 15 is 0 Å². The summed E-state index contributed by atoms with van der Waals surface area (Å²) in [5, 5.41) is 3.36. The Labute approximate surface area is 116 Å². The van der Waals surface area contributed by atoms with Crippen molar-refractivity contribution in [3.63, 3.8) is 0 Å². The molecule has 0 saturated carbocycles. The molecule has 1 aliphatic heterocycles. The van der Waals surface area contributed by atoms with Crippen LogP contribution < -0.4 is 5.32 Å². The summed E-state index contributed by atoms with van der Waals surface area (Å²) in [6.45, 7) is 8.25. The van der Waals surface area contributed by atoms with Gasteiger partial charge in [-0.2, -0.15) is 0 Å². The minimum Gasteiger partial charge on any atom is -0.316 e. The van der Waals surface area contributed by atoms with E-state index in [-0.39, 0.29) is 5.41 Å². The second kappa shape index (κ2) is 5.87. The smallest absolute Gasteiger partial charge is 0.144 e. The molecule has 1 unspecified atom stereocenters. The molecule has 0 aromatic heterocycles. The molecule has 1 aromatic carbocycles. The van der Waals surface area contributed by atoms with Gasteiger partial charge >= 0.3 is 0 Å². The van der Waals surface area contributed by atoms with Gasteiger partial charge in [0.15, 0.2) is 0 Å². The molecule has 1 N–H and O–H groups in total. The molecule has 104 valence electrons. The topological polar surface area (TPSA) is 29.1 Å². The Morgan fingerprint density at radius 3 is 2.68 bits per heavy atom. The number of benzene rings is 1. The van der Waals surface area contributed by atoms with Crippen molar-refractivity contribution in [2.75, 3.05) is 13.1 Å². The Kier molecular flexibility index (Phi) is 4.41. The van der Waals surface area contributed by atoms with Gasteiger partial charge in [-0.05, 0) is 49.9 Å². The number of ketones is 1. The van der Waals surface area contributed by atoms with Crippen molar-refractivity contribution in [3.8, 4) is 0 Å². The number of aryl methyl sites for hydroxylation is 2. The van der Waals surface area contributed by atoms with Crippen molar-refractivity contribution < 1.29 is 4.79 Å². The maximum atomic E-state index is 12.7. The fourth-order valence-corrected chi connectivity index (χ4v) is 3.10. The summed E-state index contributed by atoms with van der Waals surface area (Å²) in [7, 11) is 0. The van der Waals surface area contributed by atoms with Crippen LogP contribution in [0.4, 0.5) is 0 Å². The van der Waals surface area contributed by atoms with Crippen LogP contribution in [0.2, 0.25) is 0 Å². The first kappa shape index (κ1) is 14.3. The van der Waals surface area contributed by atoms with Gasteiger partial charge in [-0.25, -0.2) is 0 Å². The second-order valence-corrected chi connectivity index (χ2v) is 5.98. The number of carbonyl (C=O) groups excluding carboxylic acids is 1. The van der Waals surface area contributed by atoms with Crippen molar-refractivity contribution in [2.45, 2.75) is 46.5 Å². The summed E-state index contributed by atoms with van der Waals surface area (Å²) in [4.78, 5) is 12.7. The molecule has 0 bridgehead atoms. The van der Waals surface area contributed by atoms with E-state index in [1.807, 2.05) is 0 Å². The van der Waals surface area contributed by atoms with Gasteiger partial charge in [0, 0.05) is 18.4 Å². The molecule has 0 amide bonds. The Hall–Kier alpha value is -1.15. The molecule has 2 rings (SSSR count). The third-order valence-electron chi connectivity index (χ3n) is 4.50. The van der Waals surface area contributed by atoms with E-state index in [0.717, 1.165) is 37.9 Å². The molecule has 1 aliphatic rings. The Balaban J connectivity index is 2.12. The summed E-state index contributed by atoms with van der Waals surface area (Å²) in [6, 6.07) is 6.38. The zero-order valence-electron chi connectivity index (χ0n) is 12.4. The fraction of sp³-hybridized carbons (Fsp3) is 0.588. The van der Waals surface area contributed by atoms with Crippen LogP contribution in [0.5, 0.6) is 0 Å². The normalized spacial score (nSPS) is 22.7. The fourth-order valence-electron chi connectivity index (χ4n) is 3.10. The van der Waals surface area contributed by atoms with Gasteiger partial charge in [-0.3, -0.25) is 4.79 Å². The zero-order chi connectivity index (χ0) is 13.9. The van der Waals surface area contributed by atoms with Crippen molar-refractivity contribution in [3.05, 3.63) is 34.9 Å². The molecule has 19 heavy (non-hydrogen) atoms. The molecule has 2 heteroatoms. The average molecular weight is 259 g/mol. The SMILES string of the molecule is CCCC1(C(=O)Cc2ccc(C)c(C)c2)CCNC1. The van der Waals surface area contributed by atoms with Crippen LogP contribution in [-0.2, 0) is 11.2 Å². The quantitative estimate of drug-likeness (QED) is 0.880. The third-order valence-corrected chi connectivity index (χ3v) is 4.50. The molecule has 2 nitrogen and oxygen atoms in total. The summed E-state index contributed by atoms with van der Waals surface area (Å²) in [5.74, 6) is 0.419. The highest BCUT2D eigenvalue weighted by atomic mass is 16.1. The Morgan fingerprint density at radius 2 is 2.11 bits per heavy atom. The molecule has 1 atom stereocenters. The van der Waals surface area contributed by atoms with E-state index in [2.05, 4.69) is 44.3 Å². The Bertz CT molecular complexity index is 458. The second-order valence-electron chi connectivity index (χ2n) is 5.98. The van der Waals surface area contributed by atoms with Crippen LogP contribution in [0.25, 0.3) is 0 Å². The summed E-state index contributed by atoms with van der Waals surface area (Å²) in [6.07, 6.45) is 3.69. The molecule has 1 heterocycles. The molecular formula is C17H25NO. The van der Waals surface area contributed by atoms with E-state index < -0.39 is 0 Å². The third kappa shape index (κ3) is 3.06. The van der Waals surface area contributed by atoms with Gasteiger partial charge < -0.3 is 5.32 Å². The van der Waals surface area contributed by atoms with Crippen molar-refractivity contribution in [2.24, 2.45) is 5.41 Å². The van der Waals surface area contributed by atoms with E-state index in [1.54, 1.807) is 0 Å². The number of nitrogens with one attached hydrogen (secondary N) is 1. The summed E-state index contributed by atoms with van der Waals surface area (Å²) in [5.41, 5.74) is 3.63. The maximum Gasteiger partial charge on any atom is 0.144 e. The van der Waals surface area contributed by atoms with Gasteiger partial charge in [-0.1, -0.05) is 31.5 Å². The molecule has 1 aromatic rings. The van der Waals surface area contributed by atoms with E-state index in [0.29, 0.717) is 12.2 Å². The van der Waals surface area contributed by atoms with E-state index in [4.69, 9.17) is 0 Å². The van der Waals surface area contributed by atoms with Gasteiger partial charge in [-0.15, -0.1) is 0 Å². The lowest BCUT2D eigenvalue weighted by Gasteiger charge is -2.26. The van der Waals surface area contributed by atoms with Crippen molar-refractivity contribution in [1.29, 1.82) is 0 Å². The number of carbonyl (C=O) groups is 1. The number of Topliss-reactive ketones (excluding diaryl/α,β-unsaturated/α-hetero) is 1. The van der Waals surface area contributed by atoms with Crippen LogP contribution in [-0.4, -0.2) is 18.9 Å². The number of rotatable bonds is 5. The summed E-state index contributed by atoms with van der Waals surface area (Å²) < 4.78 is 0. The highest BCUT2D eigenvalue weighted by molar-refractivity contribution is 5.87. The highest BCUT2D eigenvalue weighted by Gasteiger charge is 2.39. The molecule has 0 spiro atoms. The average Bonchev–Trinajstić information content (AvgIpc) is 2.84. The molecule has 0 radical (unpaired) electrons. The predicted molar refractivity (Wildman–Crippen MR) is 79.5 cm³/mol. The van der Waals surface area contributed by atoms with Gasteiger partial charge in [0.25, 0.3) is 0 Å². The van der Waals surface area contributed by atoms with Crippen LogP contribution >= 0.6 is 0 Å². The predicted octanol–water partition coefficient (Wildman–Crippen LogP) is 3.19. The van der Waals surface area contributed by atoms with Crippen LogP contribution in [0.3, 0.4) is 0 Å². The summed E-state index contributed by atoms with van der Waals surface area (Å²) >= 11 is 0. The molecule has 1 fully saturated rings. The first-order chi connectivity index (χ1) is 9.07. The molecular weight excluding hydrogens is 234 g/mol. The maximum absolute atomic E-state index is 12.7. The monoisotopic (exact) mass is 259 g/mol. The van der Waals surface area contributed by atoms with Gasteiger partial charge in [0.2, 0.25) is 0 Å². The standard InChI is InChI=1S/C17H25NO/c1-4-7-17(8-9-18-12-17)16(19)11-15-6-5-13(2)14(3)10-15/h5-6,10,18H,4,7-9,11-12H2,1-3H3. The van der Waals surface area contributed by atoms with Crippen molar-refractivity contribution in [1.82, 2.24) is 5.32 Å². The Morgan fingerprint density at radius 1 is 1.32 bits per heavy atom. The van der Waals surface area contributed by atoms with Gasteiger partial charge in [0.05, 0.1) is 0 Å². The van der Waals surface area contributed by atoms with Gasteiger partial charge in [0.1, 0.15) is 5.78 Å². The van der Waals surface area contributed by atoms with E-state index in [1.165, 1.54) is 11.1 Å². The van der Waals surface area contributed by atoms with Crippen LogP contribution in [0.1, 0.15) is 42.9 Å².